The Kier molecular flexibility index (Phi) is 11.8. The average molecular weight is 669 g/mol. The molecule has 4 aromatic carbocycles. The van der Waals surface area contributed by atoms with Crippen molar-refractivity contribution in [1.29, 1.82) is 0 Å². The first-order chi connectivity index (χ1) is 24.5. The summed E-state index contributed by atoms with van der Waals surface area (Å²) in [6.45, 7) is 1.93. The van der Waals surface area contributed by atoms with Crippen molar-refractivity contribution in [3.63, 3.8) is 0 Å². The summed E-state index contributed by atoms with van der Waals surface area (Å²) in [6, 6.07) is 33.9. The van der Waals surface area contributed by atoms with Crippen LogP contribution < -0.4 is 18.9 Å². The van der Waals surface area contributed by atoms with Crippen LogP contribution in [0.1, 0.15) is 74.3 Å². The number of fused-ring (bicyclic) bond motifs is 2. The van der Waals surface area contributed by atoms with Gasteiger partial charge in [-0.15, -0.1) is 0 Å². The van der Waals surface area contributed by atoms with Crippen LogP contribution in [0.4, 0.5) is 11.4 Å². The van der Waals surface area contributed by atoms with Crippen molar-refractivity contribution in [3.05, 3.63) is 120 Å². The lowest BCUT2D eigenvalue weighted by atomic mass is 10.1. The van der Waals surface area contributed by atoms with Gasteiger partial charge in [-0.1, -0.05) is 74.2 Å². The summed E-state index contributed by atoms with van der Waals surface area (Å²) in [5, 5.41) is 0. The Morgan fingerprint density at radius 2 is 0.800 bits per heavy atom. The number of unbranched alkanes of at least 4 members (excludes halogenated alkanes) is 7. The molecule has 0 unspecified atom stereocenters. The highest BCUT2D eigenvalue weighted by molar-refractivity contribution is 5.73. The van der Waals surface area contributed by atoms with E-state index in [9.17, 15) is 0 Å². The first-order valence-corrected chi connectivity index (χ1v) is 18.2. The fourth-order valence-electron chi connectivity index (χ4n) is 6.52. The quantitative estimate of drug-likeness (QED) is 0.0717. The lowest BCUT2D eigenvalue weighted by Gasteiger charge is -2.11. The smallest absolute Gasteiger partial charge is 0.374 e. The average Bonchev–Trinajstić information content (AvgIpc) is 3.68. The van der Waals surface area contributed by atoms with Crippen LogP contribution in [0.3, 0.4) is 0 Å². The predicted molar refractivity (Wildman–Crippen MR) is 209 cm³/mol. The van der Waals surface area contributed by atoms with E-state index in [-0.39, 0.29) is 0 Å². The minimum Gasteiger partial charge on any atom is -0.398 e. The van der Waals surface area contributed by atoms with Gasteiger partial charge in [0.15, 0.2) is 13.1 Å². The van der Waals surface area contributed by atoms with Crippen molar-refractivity contribution in [2.45, 2.75) is 64.5 Å². The molecule has 0 saturated carbocycles. The van der Waals surface area contributed by atoms with Crippen LogP contribution in [0.2, 0.25) is 0 Å². The molecule has 0 aliphatic heterocycles. The number of anilines is 2. The highest BCUT2D eigenvalue weighted by Gasteiger charge is 2.21. The van der Waals surface area contributed by atoms with Gasteiger partial charge in [0.1, 0.15) is 0 Å². The highest BCUT2D eigenvalue weighted by atomic mass is 16.4. The Morgan fingerprint density at radius 3 is 1.18 bits per heavy atom. The zero-order valence-electron chi connectivity index (χ0n) is 30.2. The molecule has 0 fully saturated rings. The monoisotopic (exact) mass is 668 g/mol. The molecule has 0 spiro atoms. The molecule has 0 atom stereocenters. The summed E-state index contributed by atoms with van der Waals surface area (Å²) in [4.78, 5) is 4.23. The van der Waals surface area contributed by atoms with Gasteiger partial charge in [0.25, 0.3) is 11.0 Å². The number of hydrogen-bond donors (Lipinski definition) is 0. The van der Waals surface area contributed by atoms with Crippen LogP contribution in [-0.2, 0) is 13.1 Å². The predicted octanol–water partition coefficient (Wildman–Crippen LogP) is 10.0. The maximum atomic E-state index is 6.27. The minimum absolute atomic E-state index is 0.906. The molecule has 0 bridgehead atoms. The Hall–Kier alpha value is -5.10. The van der Waals surface area contributed by atoms with Crippen molar-refractivity contribution >= 4 is 57.9 Å². The van der Waals surface area contributed by atoms with Crippen LogP contribution in [0.15, 0.2) is 106 Å². The van der Waals surface area contributed by atoms with Gasteiger partial charge in [0.05, 0.1) is 12.2 Å². The summed E-state index contributed by atoms with van der Waals surface area (Å²) in [5.41, 5.74) is 8.93. The number of aryl methyl sites for hydroxylation is 2. The van der Waals surface area contributed by atoms with Gasteiger partial charge in [-0.05, 0) is 72.5 Å². The largest absolute Gasteiger partial charge is 0.398 e. The number of aromatic nitrogens is 2. The van der Waals surface area contributed by atoms with Crippen molar-refractivity contribution in [2.75, 3.05) is 38.0 Å². The second-order valence-electron chi connectivity index (χ2n) is 13.6. The van der Waals surface area contributed by atoms with E-state index in [0.717, 1.165) is 59.9 Å². The van der Waals surface area contributed by atoms with Crippen LogP contribution in [0, 0.1) is 0 Å². The molecule has 6 nitrogen and oxygen atoms in total. The van der Waals surface area contributed by atoms with Crippen LogP contribution in [0.25, 0.3) is 46.5 Å². The SMILES string of the molecule is CN(C)c1ccc(C=Cc2oc3ccccc3[n+]2CCCCCCCCCC[n+]2c(C=Cc3ccc(N(C)C)cc3)oc3ccccc32)cc1. The highest BCUT2D eigenvalue weighted by Crippen LogP contribution is 2.20. The first kappa shape index (κ1) is 34.8. The Balaban J connectivity index is 0.946. The standard InChI is InChI=1S/C44H52N4O2/c1-45(2)37-27-21-35(22-28-37)25-31-43-47(39-17-11-13-19-41(39)49-43)33-15-9-7-5-6-8-10-16-34-48-40-18-12-14-20-42(40)50-44(48)32-26-36-23-29-38(30-24-36)46(3)4/h11-14,17-32H,5-10,15-16,33-34H2,1-4H3/q+2. The summed E-state index contributed by atoms with van der Waals surface area (Å²) < 4.78 is 17.2. The molecule has 0 radical (unpaired) electrons. The van der Waals surface area contributed by atoms with Gasteiger partial charge in [-0.2, -0.15) is 9.13 Å². The molecule has 2 aromatic heterocycles. The van der Waals surface area contributed by atoms with E-state index in [1.54, 1.807) is 0 Å². The van der Waals surface area contributed by atoms with Crippen molar-refractivity contribution < 1.29 is 18.0 Å². The van der Waals surface area contributed by atoms with E-state index in [1.165, 1.54) is 61.0 Å². The second kappa shape index (κ2) is 17.0. The summed E-state index contributed by atoms with van der Waals surface area (Å²) in [7, 11) is 8.26. The summed E-state index contributed by atoms with van der Waals surface area (Å²) in [5.74, 6) is 1.81. The maximum absolute atomic E-state index is 6.27. The molecular formula is C44H52N4O2+2. The third kappa shape index (κ3) is 8.92. The molecule has 2 heterocycles. The summed E-state index contributed by atoms with van der Waals surface area (Å²) in [6.07, 6.45) is 18.4. The fraction of sp³-hybridized carbons (Fsp3) is 0.318. The molecule has 6 rings (SSSR count). The topological polar surface area (TPSA) is 40.5 Å². The van der Waals surface area contributed by atoms with Gasteiger partial charge in [0.2, 0.25) is 11.2 Å². The maximum Gasteiger partial charge on any atom is 0.374 e. The fourth-order valence-corrected chi connectivity index (χ4v) is 6.52. The molecule has 258 valence electrons. The zero-order valence-corrected chi connectivity index (χ0v) is 30.2. The van der Waals surface area contributed by atoms with Gasteiger partial charge < -0.3 is 18.6 Å². The normalized spacial score (nSPS) is 11.8. The van der Waals surface area contributed by atoms with E-state index < -0.39 is 0 Å². The number of nitrogens with zero attached hydrogens (tertiary/aromatic N) is 4. The van der Waals surface area contributed by atoms with Crippen LogP contribution in [0.5, 0.6) is 0 Å². The molecule has 6 aromatic rings. The van der Waals surface area contributed by atoms with Crippen LogP contribution in [-0.4, -0.2) is 28.2 Å². The third-order valence-corrected chi connectivity index (χ3v) is 9.44. The van der Waals surface area contributed by atoms with E-state index in [4.69, 9.17) is 8.83 Å². The third-order valence-electron chi connectivity index (χ3n) is 9.44. The Bertz CT molecular complexity index is 1870. The van der Waals surface area contributed by atoms with E-state index >= 15 is 0 Å². The molecule has 50 heavy (non-hydrogen) atoms. The summed E-state index contributed by atoms with van der Waals surface area (Å²) >= 11 is 0. The molecule has 0 aliphatic carbocycles. The molecule has 0 aliphatic rings. The van der Waals surface area contributed by atoms with E-state index in [0.29, 0.717) is 0 Å². The van der Waals surface area contributed by atoms with Crippen molar-refractivity contribution in [2.24, 2.45) is 0 Å². The lowest BCUT2D eigenvalue weighted by Crippen LogP contribution is -2.35. The number of para-hydroxylation sites is 4. The van der Waals surface area contributed by atoms with E-state index in [1.807, 2.05) is 12.1 Å². The minimum atomic E-state index is 0.906. The molecule has 0 amide bonds. The molecule has 0 N–H and O–H groups in total. The first-order valence-electron chi connectivity index (χ1n) is 18.2. The van der Waals surface area contributed by atoms with E-state index in [2.05, 4.69) is 156 Å². The zero-order chi connectivity index (χ0) is 34.7. The van der Waals surface area contributed by atoms with Crippen molar-refractivity contribution in [3.8, 4) is 0 Å². The molecule has 6 heteroatoms. The van der Waals surface area contributed by atoms with Gasteiger partial charge in [0, 0.05) is 64.5 Å². The van der Waals surface area contributed by atoms with Gasteiger partial charge >= 0.3 is 11.8 Å². The van der Waals surface area contributed by atoms with Gasteiger partial charge in [-0.25, -0.2) is 0 Å². The van der Waals surface area contributed by atoms with Crippen LogP contribution >= 0.6 is 0 Å². The number of benzene rings is 4. The molecule has 0 saturated heterocycles. The van der Waals surface area contributed by atoms with Gasteiger partial charge in [-0.3, -0.25) is 0 Å². The molecular weight excluding hydrogens is 617 g/mol. The number of rotatable bonds is 17. The lowest BCUT2D eigenvalue weighted by molar-refractivity contribution is -0.678. The number of oxazole rings is 2. The second-order valence-corrected chi connectivity index (χ2v) is 13.6. The Labute approximate surface area is 297 Å². The van der Waals surface area contributed by atoms with Crippen molar-refractivity contribution in [1.82, 2.24) is 0 Å². The Morgan fingerprint density at radius 1 is 0.440 bits per heavy atom. The number of hydrogen-bond acceptors (Lipinski definition) is 4.